The van der Waals surface area contributed by atoms with E-state index < -0.39 is 5.97 Å². The largest absolute Gasteiger partial charge is 0.481 e. The number of aliphatic carboxylic acids is 1. The Balaban J connectivity index is 1.78. The highest BCUT2D eigenvalue weighted by Crippen LogP contribution is 2.22. The molecule has 1 heterocycles. The summed E-state index contributed by atoms with van der Waals surface area (Å²) >= 11 is 1.35. The number of likely N-dealkylation sites (tertiary alicyclic amines) is 1. The molecule has 0 unspecified atom stereocenters. The van der Waals surface area contributed by atoms with Gasteiger partial charge in [-0.3, -0.25) is 4.79 Å². The van der Waals surface area contributed by atoms with Crippen LogP contribution < -0.4 is 0 Å². The third-order valence-electron chi connectivity index (χ3n) is 3.35. The number of rotatable bonds is 6. The third-order valence-corrected chi connectivity index (χ3v) is 4.42. The highest BCUT2D eigenvalue weighted by molar-refractivity contribution is 7.99. The van der Waals surface area contributed by atoms with Crippen LogP contribution in [0.2, 0.25) is 0 Å². The number of thioether (sulfide) groups is 1. The summed E-state index contributed by atoms with van der Waals surface area (Å²) in [6.07, 6.45) is 1.54. The molecule has 0 bridgehead atoms. The molecule has 1 amide bonds. The van der Waals surface area contributed by atoms with E-state index in [0.29, 0.717) is 12.3 Å². The first-order chi connectivity index (χ1) is 10.2. The van der Waals surface area contributed by atoms with Crippen molar-refractivity contribution < 1.29 is 19.4 Å². The normalized spacial score (nSPS) is 17.7. The van der Waals surface area contributed by atoms with Crippen molar-refractivity contribution in [3.63, 3.8) is 0 Å². The Labute approximate surface area is 128 Å². The molecular weight excluding hydrogens is 290 g/mol. The minimum Gasteiger partial charge on any atom is -0.481 e. The van der Waals surface area contributed by atoms with Gasteiger partial charge in [0.15, 0.2) is 0 Å². The molecule has 1 fully saturated rings. The Morgan fingerprint density at radius 2 is 2.10 bits per heavy atom. The molecule has 0 radical (unpaired) electrons. The van der Waals surface area contributed by atoms with Crippen LogP contribution in [0.3, 0.4) is 0 Å². The first-order valence-corrected chi connectivity index (χ1v) is 8.09. The lowest BCUT2D eigenvalue weighted by Gasteiger charge is -2.23. The summed E-state index contributed by atoms with van der Waals surface area (Å²) in [6.45, 7) is 0.955. The summed E-state index contributed by atoms with van der Waals surface area (Å²) < 4.78 is 5.33. The van der Waals surface area contributed by atoms with Crippen LogP contribution in [0, 0.1) is 0 Å². The van der Waals surface area contributed by atoms with Crippen molar-refractivity contribution in [3.8, 4) is 0 Å². The van der Waals surface area contributed by atoms with Crippen LogP contribution in [0.1, 0.15) is 18.4 Å². The van der Waals surface area contributed by atoms with Crippen molar-refractivity contribution in [2.45, 2.75) is 25.5 Å². The van der Waals surface area contributed by atoms with E-state index in [2.05, 4.69) is 0 Å². The molecule has 21 heavy (non-hydrogen) atoms. The number of ether oxygens (including phenoxy) is 1. The molecule has 1 aromatic rings. The van der Waals surface area contributed by atoms with Crippen LogP contribution in [0.25, 0.3) is 0 Å². The second-order valence-corrected chi connectivity index (χ2v) is 5.97. The molecule has 1 N–H and O–H groups in total. The second-order valence-electron chi connectivity index (χ2n) is 4.94. The zero-order valence-corrected chi connectivity index (χ0v) is 12.6. The highest BCUT2D eigenvalue weighted by Gasteiger charge is 2.29. The lowest BCUT2D eigenvalue weighted by atomic mass is 10.2. The summed E-state index contributed by atoms with van der Waals surface area (Å²) in [5, 5.41) is 8.65. The fourth-order valence-electron chi connectivity index (χ4n) is 2.33. The van der Waals surface area contributed by atoms with Crippen LogP contribution in [0.4, 0.5) is 4.79 Å². The van der Waals surface area contributed by atoms with Gasteiger partial charge in [0, 0.05) is 18.3 Å². The number of benzene rings is 1. The Hall–Kier alpha value is -1.69. The fourth-order valence-corrected chi connectivity index (χ4v) is 3.24. The van der Waals surface area contributed by atoms with Crippen LogP contribution in [-0.4, -0.2) is 46.2 Å². The summed E-state index contributed by atoms with van der Waals surface area (Å²) in [6, 6.07) is 9.64. The molecular formula is C15H19NO4S. The van der Waals surface area contributed by atoms with E-state index in [0.717, 1.165) is 18.4 Å². The lowest BCUT2D eigenvalue weighted by Crippen LogP contribution is -2.37. The number of carbonyl (C=O) groups excluding carboxylic acids is 1. The molecule has 6 heteroatoms. The van der Waals surface area contributed by atoms with Gasteiger partial charge in [0.05, 0.1) is 5.75 Å². The van der Waals surface area contributed by atoms with Crippen molar-refractivity contribution in [2.24, 2.45) is 0 Å². The minimum atomic E-state index is -0.823. The van der Waals surface area contributed by atoms with Gasteiger partial charge < -0.3 is 14.7 Å². The number of amides is 1. The summed E-state index contributed by atoms with van der Waals surface area (Å²) in [4.78, 5) is 24.3. The van der Waals surface area contributed by atoms with E-state index in [1.165, 1.54) is 11.8 Å². The minimum absolute atomic E-state index is 0.0728. The first kappa shape index (κ1) is 15.7. The molecule has 0 saturated carbocycles. The first-order valence-electron chi connectivity index (χ1n) is 6.93. The topological polar surface area (TPSA) is 66.8 Å². The van der Waals surface area contributed by atoms with E-state index in [4.69, 9.17) is 9.84 Å². The molecule has 0 aliphatic carbocycles. The molecule has 1 aliphatic heterocycles. The monoisotopic (exact) mass is 309 g/mol. The zero-order valence-electron chi connectivity index (χ0n) is 11.7. The Morgan fingerprint density at radius 1 is 1.33 bits per heavy atom. The van der Waals surface area contributed by atoms with Crippen molar-refractivity contribution in [2.75, 3.05) is 18.1 Å². The van der Waals surface area contributed by atoms with Gasteiger partial charge in [0.2, 0.25) is 0 Å². The van der Waals surface area contributed by atoms with E-state index >= 15 is 0 Å². The summed E-state index contributed by atoms with van der Waals surface area (Å²) in [5.74, 6) is -0.105. The molecule has 5 nitrogen and oxygen atoms in total. The van der Waals surface area contributed by atoms with Gasteiger partial charge in [-0.15, -0.1) is 11.8 Å². The third kappa shape index (κ3) is 4.97. The smallest absolute Gasteiger partial charge is 0.410 e. The fraction of sp³-hybridized carbons (Fsp3) is 0.467. The average molecular weight is 309 g/mol. The number of carbonyl (C=O) groups is 2. The number of carboxylic acid groups (broad SMARTS) is 1. The van der Waals surface area contributed by atoms with E-state index in [1.54, 1.807) is 4.90 Å². The van der Waals surface area contributed by atoms with Crippen LogP contribution in [0.15, 0.2) is 30.3 Å². The van der Waals surface area contributed by atoms with E-state index in [-0.39, 0.29) is 24.5 Å². The van der Waals surface area contributed by atoms with Crippen LogP contribution >= 0.6 is 11.8 Å². The second kappa shape index (κ2) is 7.93. The molecule has 114 valence electrons. The van der Waals surface area contributed by atoms with E-state index in [1.807, 2.05) is 30.3 Å². The lowest BCUT2D eigenvalue weighted by molar-refractivity contribution is -0.133. The van der Waals surface area contributed by atoms with Crippen molar-refractivity contribution >= 4 is 23.8 Å². The maximum absolute atomic E-state index is 12.1. The molecule has 0 aromatic heterocycles. The van der Waals surface area contributed by atoms with Crippen molar-refractivity contribution in [1.82, 2.24) is 4.90 Å². The number of nitrogens with zero attached hydrogens (tertiary/aromatic N) is 1. The number of carboxylic acids is 1. The van der Waals surface area contributed by atoms with Crippen molar-refractivity contribution in [3.05, 3.63) is 35.9 Å². The molecule has 1 aliphatic rings. The van der Waals surface area contributed by atoms with Gasteiger partial charge in [0.25, 0.3) is 0 Å². The van der Waals surface area contributed by atoms with Gasteiger partial charge in [-0.25, -0.2) is 4.79 Å². The van der Waals surface area contributed by atoms with Crippen LogP contribution in [-0.2, 0) is 16.1 Å². The van der Waals surface area contributed by atoms with Gasteiger partial charge in [0.1, 0.15) is 6.61 Å². The predicted octanol–water partition coefficient (Wildman–Crippen LogP) is 2.61. The quantitative estimate of drug-likeness (QED) is 0.875. The molecule has 0 spiro atoms. The van der Waals surface area contributed by atoms with Gasteiger partial charge in [-0.2, -0.15) is 0 Å². The maximum Gasteiger partial charge on any atom is 0.410 e. The molecule has 1 aromatic carbocycles. The zero-order chi connectivity index (χ0) is 15.1. The van der Waals surface area contributed by atoms with Gasteiger partial charge >= 0.3 is 12.1 Å². The standard InChI is InChI=1S/C15H19NO4S/c17-14(18)11-21-10-13-7-4-8-16(13)15(19)20-9-12-5-2-1-3-6-12/h1-3,5-6,13H,4,7-11H2,(H,17,18)/t13-/m1/s1. The molecule has 1 saturated heterocycles. The van der Waals surface area contributed by atoms with Gasteiger partial charge in [-0.05, 0) is 18.4 Å². The predicted molar refractivity (Wildman–Crippen MR) is 81.3 cm³/mol. The van der Waals surface area contributed by atoms with Gasteiger partial charge in [-0.1, -0.05) is 30.3 Å². The Bertz CT molecular complexity index is 480. The molecule has 1 atom stereocenters. The Morgan fingerprint density at radius 3 is 2.81 bits per heavy atom. The Kier molecular flexibility index (Phi) is 5.92. The van der Waals surface area contributed by atoms with E-state index in [9.17, 15) is 9.59 Å². The maximum atomic E-state index is 12.1. The van der Waals surface area contributed by atoms with Crippen LogP contribution in [0.5, 0.6) is 0 Å². The number of hydrogen-bond donors (Lipinski definition) is 1. The van der Waals surface area contributed by atoms with Crippen molar-refractivity contribution in [1.29, 1.82) is 0 Å². The SMILES string of the molecule is O=C(O)CSC[C@H]1CCCN1C(=O)OCc1ccccc1. The summed E-state index contributed by atoms with van der Waals surface area (Å²) in [5.41, 5.74) is 0.960. The molecule has 2 rings (SSSR count). The summed E-state index contributed by atoms with van der Waals surface area (Å²) in [7, 11) is 0. The highest BCUT2D eigenvalue weighted by atomic mass is 32.2. The average Bonchev–Trinajstić information content (AvgIpc) is 2.94. The number of hydrogen-bond acceptors (Lipinski definition) is 4.